The van der Waals surface area contributed by atoms with Gasteiger partial charge in [-0.15, -0.1) is 0 Å². The van der Waals surface area contributed by atoms with Crippen LogP contribution in [0.4, 0.5) is 19.8 Å². The van der Waals surface area contributed by atoms with E-state index in [1.165, 1.54) is 0 Å². The summed E-state index contributed by atoms with van der Waals surface area (Å²) >= 11 is 2.98. The minimum Gasteiger partial charge on any atom is -0.443 e. The predicted molar refractivity (Wildman–Crippen MR) is 97.3 cm³/mol. The van der Waals surface area contributed by atoms with Gasteiger partial charge in [-0.25, -0.2) is 19.0 Å². The van der Waals surface area contributed by atoms with Crippen molar-refractivity contribution < 1.29 is 28.2 Å². The third kappa shape index (κ3) is 6.36. The normalized spacial score (nSPS) is 11.7. The van der Waals surface area contributed by atoms with Gasteiger partial charge in [-0.1, -0.05) is 15.9 Å². The molecule has 0 saturated carbocycles. The van der Waals surface area contributed by atoms with Gasteiger partial charge in [-0.05, 0) is 47.6 Å². The number of carbonyl (C=O) groups is 3. The monoisotopic (exact) mass is 432 g/mol. The van der Waals surface area contributed by atoms with E-state index < -0.39 is 40.8 Å². The lowest BCUT2D eigenvalue weighted by atomic mass is 10.2. The Morgan fingerprint density at radius 2 is 1.54 bits per heavy atom. The number of hydrogen-bond acceptors (Lipinski definition) is 6. The number of ether oxygens (including phenoxy) is 2. The Hall–Kier alpha value is -2.03. The quantitative estimate of drug-likeness (QED) is 0.516. The number of pyridine rings is 1. The van der Waals surface area contributed by atoms with Gasteiger partial charge in [0.2, 0.25) is 0 Å². The Bertz CT molecular complexity index is 682. The highest BCUT2D eigenvalue weighted by atomic mass is 79.9. The van der Waals surface area contributed by atoms with Crippen molar-refractivity contribution in [1.82, 2.24) is 4.98 Å². The van der Waals surface area contributed by atoms with E-state index in [2.05, 4.69) is 20.9 Å². The number of Topliss-reactive ketones (excluding diaryl/α,β-unsaturated/α-hetero) is 1. The first-order valence-corrected chi connectivity index (χ1v) is 8.88. The zero-order chi connectivity index (χ0) is 20.3. The molecule has 0 bridgehead atoms. The standard InChI is InChI=1S/C17H22BrFN2O5/c1-16(2,3)25-14(23)21(15(24)26-17(4,5)6)13-11(19)7-10(9-20-13)12(22)8-18/h7,9H,8H2,1-6H3. The number of imide groups is 1. The first kappa shape index (κ1) is 22.0. The smallest absolute Gasteiger partial charge is 0.425 e. The molecule has 26 heavy (non-hydrogen) atoms. The summed E-state index contributed by atoms with van der Waals surface area (Å²) in [5.41, 5.74) is -1.87. The molecule has 1 rings (SSSR count). The van der Waals surface area contributed by atoms with Crippen LogP contribution in [0.5, 0.6) is 0 Å². The number of amides is 2. The SMILES string of the molecule is CC(C)(C)OC(=O)N(C(=O)OC(C)(C)C)c1ncc(C(=O)CBr)cc1F. The molecule has 0 N–H and O–H groups in total. The maximum absolute atomic E-state index is 14.5. The molecule has 144 valence electrons. The average molecular weight is 433 g/mol. The molecular weight excluding hydrogens is 411 g/mol. The minimum atomic E-state index is -1.14. The second-order valence-corrected chi connectivity index (χ2v) is 7.94. The molecule has 0 aromatic carbocycles. The van der Waals surface area contributed by atoms with Crippen molar-refractivity contribution in [2.24, 2.45) is 0 Å². The van der Waals surface area contributed by atoms with Gasteiger partial charge in [-0.2, -0.15) is 4.90 Å². The Kier molecular flexibility index (Phi) is 6.87. The third-order valence-electron chi connectivity index (χ3n) is 2.63. The largest absolute Gasteiger partial charge is 0.443 e. The van der Waals surface area contributed by atoms with Crippen molar-refractivity contribution >= 4 is 39.7 Å². The molecule has 1 heterocycles. The van der Waals surface area contributed by atoms with Crippen molar-refractivity contribution in [3.63, 3.8) is 0 Å². The third-order valence-corrected chi connectivity index (χ3v) is 3.14. The highest BCUT2D eigenvalue weighted by molar-refractivity contribution is 9.09. The van der Waals surface area contributed by atoms with Crippen molar-refractivity contribution in [1.29, 1.82) is 0 Å². The van der Waals surface area contributed by atoms with E-state index in [4.69, 9.17) is 9.47 Å². The van der Waals surface area contributed by atoms with Crippen molar-refractivity contribution in [2.45, 2.75) is 52.7 Å². The molecule has 2 amide bonds. The van der Waals surface area contributed by atoms with Crippen molar-refractivity contribution in [3.05, 3.63) is 23.6 Å². The molecule has 0 aliphatic heterocycles. The highest BCUT2D eigenvalue weighted by Gasteiger charge is 2.35. The lowest BCUT2D eigenvalue weighted by Crippen LogP contribution is -2.44. The molecule has 1 aromatic rings. The molecule has 9 heteroatoms. The van der Waals surface area contributed by atoms with Crippen LogP contribution in [-0.4, -0.2) is 39.5 Å². The Balaban J connectivity index is 3.34. The number of hydrogen-bond donors (Lipinski definition) is 0. The van der Waals surface area contributed by atoms with Crippen LogP contribution in [0.15, 0.2) is 12.3 Å². The number of alkyl halides is 1. The topological polar surface area (TPSA) is 85.8 Å². The number of ketones is 1. The van der Waals surface area contributed by atoms with Gasteiger partial charge in [0, 0.05) is 11.8 Å². The molecule has 1 aromatic heterocycles. The van der Waals surface area contributed by atoms with Crippen LogP contribution in [0.1, 0.15) is 51.9 Å². The molecular formula is C17H22BrFN2O5. The van der Waals surface area contributed by atoms with Crippen LogP contribution in [0.25, 0.3) is 0 Å². The number of nitrogens with zero attached hydrogens (tertiary/aromatic N) is 2. The summed E-state index contributed by atoms with van der Waals surface area (Å²) in [5.74, 6) is -2.04. The van der Waals surface area contributed by atoms with Crippen molar-refractivity contribution in [3.8, 4) is 0 Å². The molecule has 0 radical (unpaired) electrons. The molecule has 0 atom stereocenters. The van der Waals surface area contributed by atoms with E-state index in [0.717, 1.165) is 12.3 Å². The summed E-state index contributed by atoms with van der Waals surface area (Å²) < 4.78 is 24.8. The first-order chi connectivity index (χ1) is 11.7. The zero-order valence-corrected chi connectivity index (χ0v) is 17.1. The molecule has 0 aliphatic rings. The summed E-state index contributed by atoms with van der Waals surface area (Å²) in [7, 11) is 0. The molecule has 0 spiro atoms. The Morgan fingerprint density at radius 3 is 1.88 bits per heavy atom. The molecule has 0 aliphatic carbocycles. The fraction of sp³-hybridized carbons (Fsp3) is 0.529. The van der Waals surface area contributed by atoms with Crippen LogP contribution in [0.2, 0.25) is 0 Å². The van der Waals surface area contributed by atoms with Gasteiger partial charge >= 0.3 is 12.2 Å². The lowest BCUT2D eigenvalue weighted by molar-refractivity contribution is 0.0427. The van der Waals surface area contributed by atoms with Gasteiger partial charge in [0.05, 0.1) is 5.33 Å². The second-order valence-electron chi connectivity index (χ2n) is 7.38. The number of aromatic nitrogens is 1. The summed E-state index contributed by atoms with van der Waals surface area (Å²) in [6, 6.07) is 0.896. The molecule has 0 saturated heterocycles. The summed E-state index contributed by atoms with van der Waals surface area (Å²) in [5, 5.41) is -0.0185. The number of halogens is 2. The van der Waals surface area contributed by atoms with Crippen LogP contribution < -0.4 is 4.90 Å². The van der Waals surface area contributed by atoms with Gasteiger partial charge < -0.3 is 9.47 Å². The number of anilines is 1. The van der Waals surface area contributed by atoms with E-state index in [1.807, 2.05) is 0 Å². The average Bonchev–Trinajstić information content (AvgIpc) is 2.44. The fourth-order valence-electron chi connectivity index (χ4n) is 1.69. The predicted octanol–water partition coefficient (Wildman–Crippen LogP) is 4.47. The summed E-state index contributed by atoms with van der Waals surface area (Å²) in [4.78, 5) is 40.6. The maximum Gasteiger partial charge on any atom is 0.425 e. The summed E-state index contributed by atoms with van der Waals surface area (Å²) in [6.45, 7) is 9.58. The van der Waals surface area contributed by atoms with Gasteiger partial charge in [0.15, 0.2) is 17.4 Å². The maximum atomic E-state index is 14.5. The van der Waals surface area contributed by atoms with Gasteiger partial charge in [0.25, 0.3) is 0 Å². The highest BCUT2D eigenvalue weighted by Crippen LogP contribution is 2.23. The lowest BCUT2D eigenvalue weighted by Gasteiger charge is -2.28. The van der Waals surface area contributed by atoms with Gasteiger partial charge in [0.1, 0.15) is 11.2 Å². The van der Waals surface area contributed by atoms with E-state index >= 15 is 0 Å². The molecule has 7 nitrogen and oxygen atoms in total. The van der Waals surface area contributed by atoms with Crippen LogP contribution in [-0.2, 0) is 9.47 Å². The molecule has 0 fully saturated rings. The second kappa shape index (κ2) is 8.11. The van der Waals surface area contributed by atoms with Crippen LogP contribution in [0.3, 0.4) is 0 Å². The number of carbonyl (C=O) groups excluding carboxylic acids is 3. The number of rotatable bonds is 3. The Labute approximate surface area is 160 Å². The van der Waals surface area contributed by atoms with Crippen molar-refractivity contribution in [2.75, 3.05) is 10.2 Å². The summed E-state index contributed by atoms with van der Waals surface area (Å²) in [6.07, 6.45) is -1.21. The van der Waals surface area contributed by atoms with E-state index in [-0.39, 0.29) is 10.9 Å². The van der Waals surface area contributed by atoms with E-state index in [1.54, 1.807) is 41.5 Å². The van der Waals surface area contributed by atoms with Crippen LogP contribution in [0, 0.1) is 5.82 Å². The van der Waals surface area contributed by atoms with E-state index in [0.29, 0.717) is 4.90 Å². The van der Waals surface area contributed by atoms with Crippen LogP contribution >= 0.6 is 15.9 Å². The van der Waals surface area contributed by atoms with Gasteiger partial charge in [-0.3, -0.25) is 4.79 Å². The fourth-order valence-corrected chi connectivity index (χ4v) is 2.01. The Morgan fingerprint density at radius 1 is 1.08 bits per heavy atom. The molecule has 0 unspecified atom stereocenters. The first-order valence-electron chi connectivity index (χ1n) is 7.76. The zero-order valence-electron chi connectivity index (χ0n) is 15.6. The minimum absolute atomic E-state index is 0.00328. The van der Waals surface area contributed by atoms with E-state index in [9.17, 15) is 18.8 Å².